The van der Waals surface area contributed by atoms with Crippen LogP contribution in [-0.4, -0.2) is 18.1 Å². The number of carbonyl (C=O) groups is 1. The molecule has 0 unspecified atom stereocenters. The van der Waals surface area contributed by atoms with E-state index in [0.717, 1.165) is 6.42 Å². The Hall–Kier alpha value is -0.600. The van der Waals surface area contributed by atoms with Crippen molar-refractivity contribution >= 4 is 5.91 Å². The Morgan fingerprint density at radius 2 is 2.17 bits per heavy atom. The fourth-order valence-electron chi connectivity index (χ4n) is 1.15. The molecule has 70 valence electrons. The first kappa shape index (κ1) is 9.49. The molecule has 1 fully saturated rings. The van der Waals surface area contributed by atoms with E-state index >= 15 is 0 Å². The van der Waals surface area contributed by atoms with E-state index in [1.807, 2.05) is 6.92 Å². The molecule has 0 aliphatic heterocycles. The number of halogens is 1. The number of carbonyl (C=O) groups excluding carboxylic acids is 1. The fourth-order valence-corrected chi connectivity index (χ4v) is 1.15. The second-order valence-corrected chi connectivity index (χ2v) is 4.33. The van der Waals surface area contributed by atoms with Crippen molar-refractivity contribution in [3.63, 3.8) is 0 Å². The van der Waals surface area contributed by atoms with E-state index in [1.165, 1.54) is 0 Å². The minimum absolute atomic E-state index is 0.00477. The minimum atomic E-state index is -0.695. The van der Waals surface area contributed by atoms with Gasteiger partial charge in [0.05, 0.1) is 5.54 Å². The molecule has 0 aromatic heterocycles. The van der Waals surface area contributed by atoms with Crippen LogP contribution in [0.1, 0.15) is 27.2 Å². The Bertz CT molecular complexity index is 191. The van der Waals surface area contributed by atoms with E-state index in [9.17, 15) is 9.18 Å². The first-order chi connectivity index (χ1) is 5.46. The van der Waals surface area contributed by atoms with Gasteiger partial charge >= 0.3 is 0 Å². The summed E-state index contributed by atoms with van der Waals surface area (Å²) in [6, 6.07) is 0. The van der Waals surface area contributed by atoms with Crippen molar-refractivity contribution < 1.29 is 9.18 Å². The molecular formula is C9H16FNO. The van der Waals surface area contributed by atoms with Crippen LogP contribution in [0.15, 0.2) is 0 Å². The van der Waals surface area contributed by atoms with E-state index in [-0.39, 0.29) is 11.8 Å². The highest BCUT2D eigenvalue weighted by atomic mass is 19.1. The first-order valence-corrected chi connectivity index (χ1v) is 4.34. The average Bonchev–Trinajstić information content (AvgIpc) is 2.66. The molecule has 12 heavy (non-hydrogen) atoms. The van der Waals surface area contributed by atoms with Crippen LogP contribution in [0.2, 0.25) is 0 Å². The Labute approximate surface area is 72.5 Å². The predicted molar refractivity (Wildman–Crippen MR) is 45.5 cm³/mol. The summed E-state index contributed by atoms with van der Waals surface area (Å²) < 4.78 is 12.3. The monoisotopic (exact) mass is 173 g/mol. The van der Waals surface area contributed by atoms with Gasteiger partial charge in [-0.15, -0.1) is 0 Å². The zero-order valence-electron chi connectivity index (χ0n) is 7.86. The molecule has 0 heterocycles. The standard InChI is InChI=1S/C9H16FNO/c1-6-4-7(6)8(12)11-9(2,3)5-10/h6-7H,4-5H2,1-3H3,(H,11,12)/t6-,7-/m0/s1. The van der Waals surface area contributed by atoms with Gasteiger partial charge in [-0.2, -0.15) is 0 Å². The first-order valence-electron chi connectivity index (χ1n) is 4.34. The molecule has 1 aliphatic rings. The van der Waals surface area contributed by atoms with Crippen LogP contribution in [0.4, 0.5) is 4.39 Å². The number of rotatable bonds is 3. The van der Waals surface area contributed by atoms with Gasteiger partial charge in [-0.3, -0.25) is 4.79 Å². The zero-order chi connectivity index (χ0) is 9.35. The summed E-state index contributed by atoms with van der Waals surface area (Å²) in [6.45, 7) is 4.91. The van der Waals surface area contributed by atoms with Gasteiger partial charge in [0, 0.05) is 5.92 Å². The van der Waals surface area contributed by atoms with Crippen LogP contribution in [0.3, 0.4) is 0 Å². The summed E-state index contributed by atoms with van der Waals surface area (Å²) in [4.78, 5) is 11.3. The van der Waals surface area contributed by atoms with Crippen molar-refractivity contribution in [3.8, 4) is 0 Å². The summed E-state index contributed by atoms with van der Waals surface area (Å²) in [5.41, 5.74) is -0.695. The van der Waals surface area contributed by atoms with Crippen molar-refractivity contribution in [2.45, 2.75) is 32.7 Å². The third kappa shape index (κ3) is 2.19. The van der Waals surface area contributed by atoms with Crippen LogP contribution in [0.5, 0.6) is 0 Å². The van der Waals surface area contributed by atoms with Crippen molar-refractivity contribution in [1.82, 2.24) is 5.32 Å². The number of hydrogen-bond donors (Lipinski definition) is 1. The number of amides is 1. The Balaban J connectivity index is 2.36. The van der Waals surface area contributed by atoms with E-state index < -0.39 is 12.2 Å². The van der Waals surface area contributed by atoms with Gasteiger partial charge in [0.2, 0.25) is 5.91 Å². The third-order valence-electron chi connectivity index (χ3n) is 2.24. The number of nitrogens with one attached hydrogen (secondary N) is 1. The predicted octanol–water partition coefficient (Wildman–Crippen LogP) is 1.51. The van der Waals surface area contributed by atoms with Crippen LogP contribution >= 0.6 is 0 Å². The maximum absolute atomic E-state index is 12.3. The van der Waals surface area contributed by atoms with Gasteiger partial charge in [0.25, 0.3) is 0 Å². The molecule has 0 radical (unpaired) electrons. The highest BCUT2D eigenvalue weighted by Crippen LogP contribution is 2.37. The van der Waals surface area contributed by atoms with Crippen LogP contribution in [0, 0.1) is 11.8 Å². The molecule has 1 amide bonds. The molecule has 1 rings (SSSR count). The Kier molecular flexibility index (Phi) is 2.40. The Morgan fingerprint density at radius 3 is 2.50 bits per heavy atom. The average molecular weight is 173 g/mol. The molecule has 0 bridgehead atoms. The topological polar surface area (TPSA) is 29.1 Å². The van der Waals surface area contributed by atoms with Gasteiger partial charge in [0.1, 0.15) is 6.67 Å². The molecule has 0 aromatic rings. The molecule has 1 saturated carbocycles. The van der Waals surface area contributed by atoms with Crippen LogP contribution in [0.25, 0.3) is 0 Å². The molecule has 3 heteroatoms. The lowest BCUT2D eigenvalue weighted by atomic mass is 10.1. The van der Waals surface area contributed by atoms with Crippen LogP contribution in [-0.2, 0) is 4.79 Å². The lowest BCUT2D eigenvalue weighted by molar-refractivity contribution is -0.124. The quantitative estimate of drug-likeness (QED) is 0.688. The largest absolute Gasteiger partial charge is 0.348 e. The van der Waals surface area contributed by atoms with Crippen molar-refractivity contribution in [2.24, 2.45) is 11.8 Å². The molecular weight excluding hydrogens is 157 g/mol. The Morgan fingerprint density at radius 1 is 1.67 bits per heavy atom. The van der Waals surface area contributed by atoms with Crippen molar-refractivity contribution in [1.29, 1.82) is 0 Å². The van der Waals surface area contributed by atoms with Crippen molar-refractivity contribution in [3.05, 3.63) is 0 Å². The molecule has 2 nitrogen and oxygen atoms in total. The smallest absolute Gasteiger partial charge is 0.223 e. The highest BCUT2D eigenvalue weighted by molar-refractivity contribution is 5.82. The van der Waals surface area contributed by atoms with E-state index in [1.54, 1.807) is 13.8 Å². The SMILES string of the molecule is C[C@H]1C[C@@H]1C(=O)NC(C)(C)CF. The second-order valence-electron chi connectivity index (χ2n) is 4.33. The second kappa shape index (κ2) is 3.04. The molecule has 2 atom stereocenters. The molecule has 1 N–H and O–H groups in total. The molecule has 0 spiro atoms. The van der Waals surface area contributed by atoms with Gasteiger partial charge in [-0.25, -0.2) is 4.39 Å². The molecule has 1 aliphatic carbocycles. The maximum atomic E-state index is 12.3. The van der Waals surface area contributed by atoms with Gasteiger partial charge in [-0.1, -0.05) is 6.92 Å². The highest BCUT2D eigenvalue weighted by Gasteiger charge is 2.40. The zero-order valence-corrected chi connectivity index (χ0v) is 7.86. The van der Waals surface area contributed by atoms with Gasteiger partial charge in [-0.05, 0) is 26.2 Å². The minimum Gasteiger partial charge on any atom is -0.348 e. The number of alkyl halides is 1. The molecule has 0 aromatic carbocycles. The summed E-state index contributed by atoms with van der Waals surface area (Å²) in [5, 5.41) is 2.68. The van der Waals surface area contributed by atoms with E-state index in [0.29, 0.717) is 5.92 Å². The van der Waals surface area contributed by atoms with E-state index in [4.69, 9.17) is 0 Å². The summed E-state index contributed by atoms with van der Waals surface area (Å²) in [6.07, 6.45) is 0.953. The summed E-state index contributed by atoms with van der Waals surface area (Å²) >= 11 is 0. The van der Waals surface area contributed by atoms with E-state index in [2.05, 4.69) is 5.32 Å². The lowest BCUT2D eigenvalue weighted by Crippen LogP contribution is -2.46. The fraction of sp³-hybridized carbons (Fsp3) is 0.889. The number of hydrogen-bond acceptors (Lipinski definition) is 1. The lowest BCUT2D eigenvalue weighted by Gasteiger charge is -2.22. The van der Waals surface area contributed by atoms with Gasteiger partial charge in [0.15, 0.2) is 0 Å². The summed E-state index contributed by atoms with van der Waals surface area (Å²) in [7, 11) is 0. The third-order valence-corrected chi connectivity index (χ3v) is 2.24. The summed E-state index contributed by atoms with van der Waals surface area (Å²) in [5.74, 6) is 0.626. The van der Waals surface area contributed by atoms with Crippen LogP contribution < -0.4 is 5.32 Å². The molecule has 0 saturated heterocycles. The normalized spacial score (nSPS) is 28.3. The maximum Gasteiger partial charge on any atom is 0.223 e. The van der Waals surface area contributed by atoms with Gasteiger partial charge < -0.3 is 5.32 Å². The van der Waals surface area contributed by atoms with Crippen molar-refractivity contribution in [2.75, 3.05) is 6.67 Å².